The smallest absolute Gasteiger partial charge is 0.119 e. The van der Waals surface area contributed by atoms with Crippen molar-refractivity contribution in [2.24, 2.45) is 0 Å². The lowest BCUT2D eigenvalue weighted by Gasteiger charge is -2.31. The Bertz CT molecular complexity index is 353. The van der Waals surface area contributed by atoms with Crippen LogP contribution in [-0.2, 0) is 0 Å². The summed E-state index contributed by atoms with van der Waals surface area (Å²) in [5.74, 6) is 0.775. The van der Waals surface area contributed by atoms with Crippen molar-refractivity contribution in [3.63, 3.8) is 0 Å². The van der Waals surface area contributed by atoms with Crippen molar-refractivity contribution in [1.82, 2.24) is 0 Å². The van der Waals surface area contributed by atoms with Crippen molar-refractivity contribution in [3.05, 3.63) is 29.8 Å². The van der Waals surface area contributed by atoms with E-state index in [-0.39, 0.29) is 6.10 Å². The van der Waals surface area contributed by atoms with Crippen LogP contribution in [0, 0.1) is 0 Å². The molecule has 0 saturated carbocycles. The van der Waals surface area contributed by atoms with Crippen LogP contribution in [0.5, 0.6) is 5.75 Å². The molecule has 0 saturated heterocycles. The molecule has 0 amide bonds. The molecular formula is C15H24O3. The first kappa shape index (κ1) is 15.0. The molecule has 1 atom stereocenters. The Morgan fingerprint density at radius 1 is 1.11 bits per heavy atom. The van der Waals surface area contributed by atoms with Gasteiger partial charge in [0, 0.05) is 0 Å². The van der Waals surface area contributed by atoms with Crippen LogP contribution in [0.3, 0.4) is 0 Å². The van der Waals surface area contributed by atoms with Gasteiger partial charge >= 0.3 is 0 Å². The van der Waals surface area contributed by atoms with E-state index in [0.29, 0.717) is 12.8 Å². The standard InChI is InChI=1S/C15H24O3/c1-5-15(17,6-2)14(16)12-7-9-13(10-8-12)18-11(3)4/h7-11,14,16-17H,5-6H2,1-4H3. The lowest BCUT2D eigenvalue weighted by Crippen LogP contribution is -2.34. The van der Waals surface area contributed by atoms with Crippen molar-refractivity contribution in [3.8, 4) is 5.75 Å². The van der Waals surface area contributed by atoms with Crippen molar-refractivity contribution < 1.29 is 14.9 Å². The first-order chi connectivity index (χ1) is 8.42. The minimum atomic E-state index is -1.06. The van der Waals surface area contributed by atoms with Gasteiger partial charge in [0.1, 0.15) is 11.9 Å². The highest BCUT2D eigenvalue weighted by molar-refractivity contribution is 5.29. The van der Waals surface area contributed by atoms with Gasteiger partial charge in [0.05, 0.1) is 11.7 Å². The van der Waals surface area contributed by atoms with Crippen LogP contribution in [0.1, 0.15) is 52.2 Å². The van der Waals surface area contributed by atoms with Gasteiger partial charge in [-0.3, -0.25) is 0 Å². The van der Waals surface area contributed by atoms with Gasteiger partial charge in [0.25, 0.3) is 0 Å². The predicted octanol–water partition coefficient (Wildman–Crippen LogP) is 3.06. The zero-order valence-electron chi connectivity index (χ0n) is 11.7. The molecule has 0 aliphatic carbocycles. The molecule has 2 N–H and O–H groups in total. The molecule has 3 nitrogen and oxygen atoms in total. The van der Waals surface area contributed by atoms with E-state index in [1.54, 1.807) is 12.1 Å². The van der Waals surface area contributed by atoms with E-state index in [4.69, 9.17) is 4.74 Å². The summed E-state index contributed by atoms with van der Waals surface area (Å²) in [5.41, 5.74) is -0.335. The van der Waals surface area contributed by atoms with Gasteiger partial charge in [-0.15, -0.1) is 0 Å². The van der Waals surface area contributed by atoms with Crippen LogP contribution in [0.2, 0.25) is 0 Å². The SMILES string of the molecule is CCC(O)(CC)C(O)c1ccc(OC(C)C)cc1. The molecule has 0 spiro atoms. The van der Waals surface area contributed by atoms with E-state index in [0.717, 1.165) is 11.3 Å². The van der Waals surface area contributed by atoms with Crippen molar-refractivity contribution >= 4 is 0 Å². The maximum atomic E-state index is 10.3. The summed E-state index contributed by atoms with van der Waals surface area (Å²) < 4.78 is 5.54. The fourth-order valence-corrected chi connectivity index (χ4v) is 1.95. The molecule has 18 heavy (non-hydrogen) atoms. The van der Waals surface area contributed by atoms with E-state index in [2.05, 4.69) is 0 Å². The molecule has 1 rings (SSSR count). The zero-order chi connectivity index (χ0) is 13.8. The summed E-state index contributed by atoms with van der Waals surface area (Å²) in [4.78, 5) is 0. The van der Waals surface area contributed by atoms with Gasteiger partial charge in [-0.2, -0.15) is 0 Å². The second kappa shape index (κ2) is 6.21. The Kier molecular flexibility index (Phi) is 5.17. The molecule has 0 heterocycles. The lowest BCUT2D eigenvalue weighted by molar-refractivity contribution is -0.0821. The van der Waals surface area contributed by atoms with Crippen molar-refractivity contribution in [2.75, 3.05) is 0 Å². The van der Waals surface area contributed by atoms with Crippen LogP contribution in [0.25, 0.3) is 0 Å². The summed E-state index contributed by atoms with van der Waals surface area (Å²) >= 11 is 0. The highest BCUT2D eigenvalue weighted by Crippen LogP contribution is 2.32. The average molecular weight is 252 g/mol. The van der Waals surface area contributed by atoms with Crippen LogP contribution >= 0.6 is 0 Å². The van der Waals surface area contributed by atoms with Gasteiger partial charge in [-0.1, -0.05) is 26.0 Å². The number of hydrogen-bond donors (Lipinski definition) is 2. The molecule has 1 unspecified atom stereocenters. The number of hydrogen-bond acceptors (Lipinski definition) is 3. The minimum absolute atomic E-state index is 0.129. The highest BCUT2D eigenvalue weighted by Gasteiger charge is 2.32. The molecule has 0 aliphatic rings. The summed E-state index contributed by atoms with van der Waals surface area (Å²) in [5, 5.41) is 20.5. The van der Waals surface area contributed by atoms with Crippen molar-refractivity contribution in [2.45, 2.75) is 58.3 Å². The zero-order valence-corrected chi connectivity index (χ0v) is 11.7. The number of ether oxygens (including phenoxy) is 1. The Balaban J connectivity index is 2.84. The summed E-state index contributed by atoms with van der Waals surface area (Å²) in [6.07, 6.45) is 0.314. The molecule has 3 heteroatoms. The Morgan fingerprint density at radius 2 is 1.61 bits per heavy atom. The first-order valence-corrected chi connectivity index (χ1v) is 6.60. The monoisotopic (exact) mass is 252 g/mol. The maximum absolute atomic E-state index is 10.3. The molecule has 0 aliphatic heterocycles. The van der Waals surface area contributed by atoms with Crippen LogP contribution in [0.15, 0.2) is 24.3 Å². The van der Waals surface area contributed by atoms with Gasteiger partial charge in [0.2, 0.25) is 0 Å². The second-order valence-electron chi connectivity index (χ2n) is 4.95. The largest absolute Gasteiger partial charge is 0.491 e. The fourth-order valence-electron chi connectivity index (χ4n) is 1.95. The van der Waals surface area contributed by atoms with Gasteiger partial charge in [-0.25, -0.2) is 0 Å². The quantitative estimate of drug-likeness (QED) is 0.818. The third kappa shape index (κ3) is 3.47. The fraction of sp³-hybridized carbons (Fsp3) is 0.600. The second-order valence-corrected chi connectivity index (χ2v) is 4.95. The Labute approximate surface area is 109 Å². The van der Waals surface area contributed by atoms with Crippen LogP contribution in [-0.4, -0.2) is 21.9 Å². The maximum Gasteiger partial charge on any atom is 0.119 e. The molecule has 1 aromatic rings. The van der Waals surface area contributed by atoms with Gasteiger partial charge in [0.15, 0.2) is 0 Å². The van der Waals surface area contributed by atoms with E-state index in [1.807, 2.05) is 39.8 Å². The summed E-state index contributed by atoms with van der Waals surface area (Å²) in [6.45, 7) is 7.69. The molecular weight excluding hydrogens is 228 g/mol. The van der Waals surface area contributed by atoms with E-state index in [9.17, 15) is 10.2 Å². The van der Waals surface area contributed by atoms with E-state index >= 15 is 0 Å². The average Bonchev–Trinajstić information content (AvgIpc) is 2.37. The third-order valence-corrected chi connectivity index (χ3v) is 3.30. The molecule has 0 fully saturated rings. The number of benzene rings is 1. The number of rotatable bonds is 6. The third-order valence-electron chi connectivity index (χ3n) is 3.30. The van der Waals surface area contributed by atoms with Gasteiger partial charge in [-0.05, 0) is 44.4 Å². The minimum Gasteiger partial charge on any atom is -0.491 e. The number of aliphatic hydroxyl groups excluding tert-OH is 1. The number of aliphatic hydroxyl groups is 2. The topological polar surface area (TPSA) is 49.7 Å². The molecule has 0 aromatic heterocycles. The highest BCUT2D eigenvalue weighted by atomic mass is 16.5. The first-order valence-electron chi connectivity index (χ1n) is 6.60. The Morgan fingerprint density at radius 3 is 2.00 bits per heavy atom. The lowest BCUT2D eigenvalue weighted by atomic mass is 9.86. The normalized spacial score (nSPS) is 13.7. The predicted molar refractivity (Wildman–Crippen MR) is 72.7 cm³/mol. The molecule has 1 aromatic carbocycles. The summed E-state index contributed by atoms with van der Waals surface area (Å²) in [7, 11) is 0. The van der Waals surface area contributed by atoms with E-state index < -0.39 is 11.7 Å². The molecule has 0 bridgehead atoms. The van der Waals surface area contributed by atoms with Crippen LogP contribution < -0.4 is 4.74 Å². The Hall–Kier alpha value is -1.06. The summed E-state index contributed by atoms with van der Waals surface area (Å²) in [6, 6.07) is 7.26. The molecule has 0 radical (unpaired) electrons. The van der Waals surface area contributed by atoms with Crippen LogP contribution in [0.4, 0.5) is 0 Å². The van der Waals surface area contributed by atoms with E-state index in [1.165, 1.54) is 0 Å². The van der Waals surface area contributed by atoms with Gasteiger partial charge < -0.3 is 14.9 Å². The molecule has 102 valence electrons. The van der Waals surface area contributed by atoms with Crippen molar-refractivity contribution in [1.29, 1.82) is 0 Å².